The van der Waals surface area contributed by atoms with Gasteiger partial charge >= 0.3 is 0 Å². The molecule has 0 bridgehead atoms. The molecule has 4 heteroatoms. The molecule has 0 N–H and O–H groups in total. The summed E-state index contributed by atoms with van der Waals surface area (Å²) >= 11 is 8.23. The van der Waals surface area contributed by atoms with Gasteiger partial charge in [-0.15, -0.1) is 11.3 Å². The third-order valence-corrected chi connectivity index (χ3v) is 4.60. The number of ketones is 1. The average Bonchev–Trinajstić information content (AvgIpc) is 2.67. The van der Waals surface area contributed by atoms with Gasteiger partial charge in [0.25, 0.3) is 0 Å². The van der Waals surface area contributed by atoms with Gasteiger partial charge in [0.15, 0.2) is 0 Å². The van der Waals surface area contributed by atoms with Gasteiger partial charge in [0, 0.05) is 14.5 Å². The number of rotatable bonds is 2. The van der Waals surface area contributed by atoms with Gasteiger partial charge in [-0.3, -0.25) is 4.79 Å². The van der Waals surface area contributed by atoms with Crippen LogP contribution in [0.15, 0.2) is 38.6 Å². The highest BCUT2D eigenvalue weighted by atomic mass is 79.9. The van der Waals surface area contributed by atoms with E-state index in [4.69, 9.17) is 0 Å². The topological polar surface area (TPSA) is 17.1 Å². The summed E-state index contributed by atoms with van der Waals surface area (Å²) in [7, 11) is 0. The minimum absolute atomic E-state index is 0.0701. The van der Waals surface area contributed by atoms with Crippen molar-refractivity contribution in [2.24, 2.45) is 0 Å². The van der Waals surface area contributed by atoms with Gasteiger partial charge in [0.1, 0.15) is 0 Å². The van der Waals surface area contributed by atoms with Crippen LogP contribution in [0.4, 0.5) is 0 Å². The first kappa shape index (κ1) is 12.0. The Balaban J connectivity index is 2.49. The maximum Gasteiger partial charge on any atom is 0.204 e. The van der Waals surface area contributed by atoms with E-state index < -0.39 is 0 Å². The number of thiophene rings is 1. The van der Waals surface area contributed by atoms with E-state index in [1.165, 1.54) is 11.3 Å². The Hall–Kier alpha value is -0.450. The van der Waals surface area contributed by atoms with E-state index in [9.17, 15) is 4.79 Å². The van der Waals surface area contributed by atoms with Crippen LogP contribution in [-0.2, 0) is 0 Å². The number of hydrogen-bond donors (Lipinski definition) is 0. The second kappa shape index (κ2) is 4.82. The van der Waals surface area contributed by atoms with Crippen LogP contribution in [-0.4, -0.2) is 5.78 Å². The zero-order valence-corrected chi connectivity index (χ0v) is 12.4. The summed E-state index contributed by atoms with van der Waals surface area (Å²) in [6, 6.07) is 7.64. The van der Waals surface area contributed by atoms with Gasteiger partial charge < -0.3 is 0 Å². The molecule has 0 saturated heterocycles. The number of benzene rings is 1. The number of halogens is 2. The van der Waals surface area contributed by atoms with Gasteiger partial charge in [-0.25, -0.2) is 0 Å². The quantitative estimate of drug-likeness (QED) is 0.703. The minimum atomic E-state index is 0.0701. The minimum Gasteiger partial charge on any atom is -0.288 e. The molecule has 0 spiro atoms. The lowest BCUT2D eigenvalue weighted by Crippen LogP contribution is -2.02. The van der Waals surface area contributed by atoms with Crippen molar-refractivity contribution in [3.63, 3.8) is 0 Å². The molecule has 0 atom stereocenters. The molecule has 1 heterocycles. The van der Waals surface area contributed by atoms with Gasteiger partial charge in [-0.05, 0) is 52.0 Å². The van der Waals surface area contributed by atoms with Gasteiger partial charge in [-0.1, -0.05) is 22.0 Å². The summed E-state index contributed by atoms with van der Waals surface area (Å²) in [6.45, 7) is 1.95. The Morgan fingerprint density at radius 2 is 2.00 bits per heavy atom. The predicted molar refractivity (Wildman–Crippen MR) is 74.3 cm³/mol. The largest absolute Gasteiger partial charge is 0.288 e. The van der Waals surface area contributed by atoms with Crippen molar-refractivity contribution in [3.05, 3.63) is 54.6 Å². The van der Waals surface area contributed by atoms with Crippen LogP contribution >= 0.6 is 43.2 Å². The van der Waals surface area contributed by atoms with Crippen molar-refractivity contribution in [2.45, 2.75) is 6.92 Å². The SMILES string of the molecule is Cc1ccc(Br)cc1C(=O)c1sccc1Br. The van der Waals surface area contributed by atoms with E-state index in [0.717, 1.165) is 24.9 Å². The van der Waals surface area contributed by atoms with Crippen LogP contribution in [0.5, 0.6) is 0 Å². The fourth-order valence-electron chi connectivity index (χ4n) is 1.42. The van der Waals surface area contributed by atoms with E-state index in [0.29, 0.717) is 0 Å². The number of carbonyl (C=O) groups excluding carboxylic acids is 1. The summed E-state index contributed by atoms with van der Waals surface area (Å²) in [4.78, 5) is 13.0. The van der Waals surface area contributed by atoms with E-state index in [2.05, 4.69) is 31.9 Å². The lowest BCUT2D eigenvalue weighted by atomic mass is 10.0. The van der Waals surface area contributed by atoms with Crippen molar-refractivity contribution in [1.29, 1.82) is 0 Å². The molecule has 16 heavy (non-hydrogen) atoms. The lowest BCUT2D eigenvalue weighted by Gasteiger charge is -2.04. The standard InChI is InChI=1S/C12H8Br2OS/c1-7-2-3-8(13)6-9(7)11(15)12-10(14)4-5-16-12/h2-6H,1H3. The van der Waals surface area contributed by atoms with Crippen molar-refractivity contribution >= 4 is 49.0 Å². The number of hydrogen-bond acceptors (Lipinski definition) is 2. The van der Waals surface area contributed by atoms with Gasteiger partial charge in [0.05, 0.1) is 4.88 Å². The molecule has 0 aliphatic carbocycles. The second-order valence-corrected chi connectivity index (χ2v) is 6.07. The summed E-state index contributed by atoms with van der Waals surface area (Å²) in [5.41, 5.74) is 1.74. The van der Waals surface area contributed by atoms with Crippen molar-refractivity contribution in [1.82, 2.24) is 0 Å². The van der Waals surface area contributed by atoms with E-state index in [1.807, 2.05) is 36.6 Å². The van der Waals surface area contributed by atoms with E-state index in [1.54, 1.807) is 0 Å². The monoisotopic (exact) mass is 358 g/mol. The Morgan fingerprint density at radius 3 is 2.62 bits per heavy atom. The summed E-state index contributed by atoms with van der Waals surface area (Å²) in [5, 5.41) is 1.91. The van der Waals surface area contributed by atoms with Crippen LogP contribution in [0.1, 0.15) is 20.8 Å². The van der Waals surface area contributed by atoms with Crippen molar-refractivity contribution < 1.29 is 4.79 Å². The summed E-state index contributed by atoms with van der Waals surface area (Å²) in [6.07, 6.45) is 0. The highest BCUT2D eigenvalue weighted by Gasteiger charge is 2.16. The number of aryl methyl sites for hydroxylation is 1. The summed E-state index contributed by atoms with van der Waals surface area (Å²) in [5.74, 6) is 0.0701. The smallest absolute Gasteiger partial charge is 0.204 e. The van der Waals surface area contributed by atoms with Gasteiger partial charge in [0.2, 0.25) is 5.78 Å². The Labute approximate surface area is 115 Å². The molecule has 0 saturated carbocycles. The highest BCUT2D eigenvalue weighted by molar-refractivity contribution is 9.10. The molecule has 0 radical (unpaired) electrons. The molecule has 0 amide bonds. The third-order valence-electron chi connectivity index (χ3n) is 2.27. The van der Waals surface area contributed by atoms with Crippen LogP contribution in [0, 0.1) is 6.92 Å². The maximum absolute atomic E-state index is 12.3. The molecule has 0 aliphatic rings. The van der Waals surface area contributed by atoms with Gasteiger partial charge in [-0.2, -0.15) is 0 Å². The molecule has 1 aromatic heterocycles. The summed E-state index contributed by atoms with van der Waals surface area (Å²) < 4.78 is 1.79. The first-order chi connectivity index (χ1) is 7.59. The second-order valence-electron chi connectivity index (χ2n) is 3.39. The fourth-order valence-corrected chi connectivity index (χ4v) is 3.28. The normalized spacial score (nSPS) is 10.4. The zero-order chi connectivity index (χ0) is 11.7. The third kappa shape index (κ3) is 2.29. The Morgan fingerprint density at radius 1 is 1.25 bits per heavy atom. The molecule has 0 aliphatic heterocycles. The maximum atomic E-state index is 12.3. The fraction of sp³-hybridized carbons (Fsp3) is 0.0833. The molecule has 0 unspecified atom stereocenters. The molecular weight excluding hydrogens is 352 g/mol. The first-order valence-electron chi connectivity index (χ1n) is 4.63. The zero-order valence-electron chi connectivity index (χ0n) is 8.46. The van der Waals surface area contributed by atoms with Crippen LogP contribution in [0.2, 0.25) is 0 Å². The van der Waals surface area contributed by atoms with E-state index >= 15 is 0 Å². The lowest BCUT2D eigenvalue weighted by molar-refractivity contribution is 0.104. The Kier molecular flexibility index (Phi) is 3.62. The van der Waals surface area contributed by atoms with Crippen LogP contribution in [0.3, 0.4) is 0 Å². The Bertz CT molecular complexity index is 546. The molecule has 0 fully saturated rings. The predicted octanol–water partition coefficient (Wildman–Crippen LogP) is 4.81. The molecule has 2 aromatic rings. The first-order valence-corrected chi connectivity index (χ1v) is 7.10. The molecule has 2 rings (SSSR count). The highest BCUT2D eigenvalue weighted by Crippen LogP contribution is 2.27. The molecule has 1 nitrogen and oxygen atoms in total. The molecule has 82 valence electrons. The van der Waals surface area contributed by atoms with E-state index in [-0.39, 0.29) is 5.78 Å². The number of carbonyl (C=O) groups is 1. The van der Waals surface area contributed by atoms with Crippen LogP contribution < -0.4 is 0 Å². The van der Waals surface area contributed by atoms with Crippen LogP contribution in [0.25, 0.3) is 0 Å². The molecular formula is C12H8Br2OS. The van der Waals surface area contributed by atoms with Crippen molar-refractivity contribution in [2.75, 3.05) is 0 Å². The average molecular weight is 360 g/mol. The van der Waals surface area contributed by atoms with Crippen molar-refractivity contribution in [3.8, 4) is 0 Å². The molecule has 1 aromatic carbocycles.